The average Bonchev–Trinajstić information content (AvgIpc) is 2.43. The summed E-state index contributed by atoms with van der Waals surface area (Å²) in [5.74, 6) is 0. The maximum absolute atomic E-state index is 6.13. The Morgan fingerprint density at radius 1 is 1.44 bits per heavy atom. The molecule has 0 amide bonds. The normalized spacial score (nSPS) is 13.2. The molecule has 0 bridgehead atoms. The molecule has 0 aliphatic carbocycles. The predicted octanol–water partition coefficient (Wildman–Crippen LogP) is 3.70. The number of aromatic nitrogens is 2. The van der Waals surface area contributed by atoms with Crippen molar-refractivity contribution < 1.29 is 4.43 Å². The molecule has 0 N–H and O–H groups in total. The number of aryl methyl sites for hydroxylation is 1. The second kappa shape index (κ2) is 4.62. The maximum Gasteiger partial charge on any atom is 0.192 e. The van der Waals surface area contributed by atoms with Crippen LogP contribution < -0.4 is 0 Å². The van der Waals surface area contributed by atoms with Crippen molar-refractivity contribution in [3.8, 4) is 0 Å². The molecule has 0 fully saturated rings. The fraction of sp³-hybridized carbons (Fsp3) is 0.727. The van der Waals surface area contributed by atoms with Crippen molar-refractivity contribution in [1.29, 1.82) is 0 Å². The van der Waals surface area contributed by atoms with Crippen LogP contribution in [-0.4, -0.2) is 18.1 Å². The molecule has 3 nitrogen and oxygen atoms in total. The van der Waals surface area contributed by atoms with Crippen molar-refractivity contribution in [2.75, 3.05) is 0 Å². The lowest BCUT2D eigenvalue weighted by Gasteiger charge is -2.36. The quantitative estimate of drug-likeness (QED) is 0.796. The lowest BCUT2D eigenvalue weighted by Crippen LogP contribution is -2.40. The summed E-state index contributed by atoms with van der Waals surface area (Å²) in [5.41, 5.74) is 1.12. The molecule has 0 radical (unpaired) electrons. The van der Waals surface area contributed by atoms with Gasteiger partial charge in [0.05, 0.1) is 12.8 Å². The summed E-state index contributed by atoms with van der Waals surface area (Å²) >= 11 is 3.50. The first-order valence-electron chi connectivity index (χ1n) is 5.45. The number of hydrogen-bond donors (Lipinski definition) is 0. The van der Waals surface area contributed by atoms with Crippen LogP contribution in [0.15, 0.2) is 10.8 Å². The van der Waals surface area contributed by atoms with Crippen LogP contribution in [0.25, 0.3) is 0 Å². The zero-order chi connectivity index (χ0) is 12.6. The second-order valence-electron chi connectivity index (χ2n) is 5.63. The topological polar surface area (TPSA) is 27.1 Å². The van der Waals surface area contributed by atoms with Crippen molar-refractivity contribution in [3.63, 3.8) is 0 Å². The van der Waals surface area contributed by atoms with E-state index in [1.807, 2.05) is 17.9 Å². The maximum atomic E-state index is 6.13. The van der Waals surface area contributed by atoms with Crippen molar-refractivity contribution in [3.05, 3.63) is 16.4 Å². The van der Waals surface area contributed by atoms with Gasteiger partial charge in [-0.2, -0.15) is 5.10 Å². The smallest absolute Gasteiger partial charge is 0.192 e. The van der Waals surface area contributed by atoms with Crippen molar-refractivity contribution in [2.24, 2.45) is 7.05 Å². The first-order chi connectivity index (χ1) is 7.15. The van der Waals surface area contributed by atoms with Gasteiger partial charge in [0.25, 0.3) is 0 Å². The Bertz CT molecular complexity index is 369. The van der Waals surface area contributed by atoms with Crippen molar-refractivity contribution in [1.82, 2.24) is 9.78 Å². The third kappa shape index (κ3) is 2.96. The largest absolute Gasteiger partial charge is 0.412 e. The third-order valence-corrected chi connectivity index (χ3v) is 8.83. The minimum Gasteiger partial charge on any atom is -0.412 e. The van der Waals surface area contributed by atoms with Crippen molar-refractivity contribution >= 4 is 24.2 Å². The van der Waals surface area contributed by atoms with Gasteiger partial charge in [-0.3, -0.25) is 4.68 Å². The van der Waals surface area contributed by atoms with E-state index in [4.69, 9.17) is 4.43 Å². The van der Waals surface area contributed by atoms with Gasteiger partial charge in [0.15, 0.2) is 8.32 Å². The van der Waals surface area contributed by atoms with Crippen LogP contribution >= 0.6 is 15.9 Å². The summed E-state index contributed by atoms with van der Waals surface area (Å²) in [7, 11) is 0.257. The van der Waals surface area contributed by atoms with E-state index in [1.165, 1.54) is 0 Å². The third-order valence-electron chi connectivity index (χ3n) is 3.33. The average molecular weight is 305 g/mol. The number of halogens is 1. The number of nitrogens with zero attached hydrogens (tertiary/aromatic N) is 2. The zero-order valence-corrected chi connectivity index (χ0v) is 13.6. The van der Waals surface area contributed by atoms with E-state index >= 15 is 0 Å². The summed E-state index contributed by atoms with van der Waals surface area (Å²) < 4.78 is 8.95. The van der Waals surface area contributed by atoms with Gasteiger partial charge in [-0.15, -0.1) is 0 Å². The van der Waals surface area contributed by atoms with Crippen LogP contribution in [0.2, 0.25) is 18.1 Å². The van der Waals surface area contributed by atoms with Gasteiger partial charge in [0.1, 0.15) is 4.60 Å². The first-order valence-corrected chi connectivity index (χ1v) is 9.15. The highest BCUT2D eigenvalue weighted by atomic mass is 79.9. The molecule has 0 aliphatic heterocycles. The van der Waals surface area contributed by atoms with Gasteiger partial charge in [-0.25, -0.2) is 0 Å². The lowest BCUT2D eigenvalue weighted by molar-refractivity contribution is 0.275. The van der Waals surface area contributed by atoms with Gasteiger partial charge in [-0.1, -0.05) is 20.8 Å². The van der Waals surface area contributed by atoms with E-state index in [2.05, 4.69) is 54.9 Å². The van der Waals surface area contributed by atoms with E-state index in [9.17, 15) is 0 Å². The molecule has 0 saturated carbocycles. The first kappa shape index (κ1) is 13.9. The van der Waals surface area contributed by atoms with Gasteiger partial charge >= 0.3 is 0 Å². The molecule has 1 aromatic heterocycles. The molecule has 0 aliphatic rings. The molecule has 5 heteroatoms. The van der Waals surface area contributed by atoms with Crippen LogP contribution in [0.1, 0.15) is 26.3 Å². The molecule has 0 spiro atoms. The molecular weight excluding hydrogens is 284 g/mol. The van der Waals surface area contributed by atoms with Crippen LogP contribution in [0, 0.1) is 0 Å². The molecule has 0 aromatic carbocycles. The second-order valence-corrected chi connectivity index (χ2v) is 11.2. The van der Waals surface area contributed by atoms with Gasteiger partial charge in [-0.05, 0) is 34.1 Å². The highest BCUT2D eigenvalue weighted by Crippen LogP contribution is 2.37. The Morgan fingerprint density at radius 3 is 2.38 bits per heavy atom. The Balaban J connectivity index is 2.69. The Labute approximate surface area is 107 Å². The van der Waals surface area contributed by atoms with E-state index < -0.39 is 8.32 Å². The molecule has 1 heterocycles. The minimum atomic E-state index is -1.66. The molecule has 1 rings (SSSR count). The fourth-order valence-corrected chi connectivity index (χ4v) is 2.30. The van der Waals surface area contributed by atoms with E-state index in [0.29, 0.717) is 6.61 Å². The summed E-state index contributed by atoms with van der Waals surface area (Å²) in [5, 5.41) is 4.44. The highest BCUT2D eigenvalue weighted by Gasteiger charge is 2.37. The van der Waals surface area contributed by atoms with Gasteiger partial charge in [0, 0.05) is 12.6 Å². The van der Waals surface area contributed by atoms with Crippen LogP contribution in [0.4, 0.5) is 0 Å². The molecular formula is C11H21BrN2OSi. The van der Waals surface area contributed by atoms with Crippen LogP contribution in [-0.2, 0) is 18.1 Å². The summed E-state index contributed by atoms with van der Waals surface area (Å²) in [4.78, 5) is 0. The summed E-state index contributed by atoms with van der Waals surface area (Å²) in [6, 6.07) is 0. The zero-order valence-electron chi connectivity index (χ0n) is 11.0. The van der Waals surface area contributed by atoms with E-state index in [1.54, 1.807) is 0 Å². The number of rotatable bonds is 3. The fourth-order valence-electron chi connectivity index (χ4n) is 1.04. The Morgan fingerprint density at radius 2 is 2.00 bits per heavy atom. The van der Waals surface area contributed by atoms with Gasteiger partial charge < -0.3 is 4.43 Å². The molecule has 0 saturated heterocycles. The molecule has 16 heavy (non-hydrogen) atoms. The molecule has 0 unspecified atom stereocenters. The minimum absolute atomic E-state index is 0.252. The Kier molecular flexibility index (Phi) is 4.02. The molecule has 92 valence electrons. The van der Waals surface area contributed by atoms with E-state index in [-0.39, 0.29) is 5.04 Å². The monoisotopic (exact) mass is 304 g/mol. The molecule has 0 atom stereocenters. The van der Waals surface area contributed by atoms with Crippen molar-refractivity contribution in [2.45, 2.75) is 45.5 Å². The van der Waals surface area contributed by atoms with Gasteiger partial charge in [0.2, 0.25) is 0 Å². The Hall–Kier alpha value is -0.133. The lowest BCUT2D eigenvalue weighted by atomic mass is 10.2. The van der Waals surface area contributed by atoms with Crippen LogP contribution in [0.5, 0.6) is 0 Å². The SMILES string of the molecule is Cn1ncc(CO[Si](C)(C)C(C)(C)C)c1Br. The number of hydrogen-bond acceptors (Lipinski definition) is 2. The summed E-state index contributed by atoms with van der Waals surface area (Å²) in [6.45, 7) is 11.9. The highest BCUT2D eigenvalue weighted by molar-refractivity contribution is 9.10. The predicted molar refractivity (Wildman–Crippen MR) is 72.9 cm³/mol. The molecule has 1 aromatic rings. The standard InChI is InChI=1S/C11H21BrN2OSi/c1-11(2,3)16(5,6)15-8-9-7-13-14(4)10(9)12/h7H,8H2,1-6H3. The van der Waals surface area contributed by atoms with E-state index in [0.717, 1.165) is 10.2 Å². The van der Waals surface area contributed by atoms with Crippen LogP contribution in [0.3, 0.4) is 0 Å². The summed E-state index contributed by atoms with van der Waals surface area (Å²) in [6.07, 6.45) is 1.86.